The molecule has 8 nitrogen and oxygen atoms in total. The highest BCUT2D eigenvalue weighted by molar-refractivity contribution is 7.19. The van der Waals surface area contributed by atoms with E-state index >= 15 is 0 Å². The Morgan fingerprint density at radius 2 is 1.07 bits per heavy atom. The van der Waals surface area contributed by atoms with Gasteiger partial charge in [-0.3, -0.25) is 9.97 Å². The fourth-order valence-electron chi connectivity index (χ4n) is 5.99. The summed E-state index contributed by atoms with van der Waals surface area (Å²) in [7, 11) is 0. The lowest BCUT2D eigenvalue weighted by atomic mass is 9.87. The van der Waals surface area contributed by atoms with Crippen molar-refractivity contribution in [2.45, 2.75) is 66.2 Å². The number of thiophene rings is 1. The first-order valence-electron chi connectivity index (χ1n) is 18.2. The van der Waals surface area contributed by atoms with Crippen LogP contribution in [-0.2, 0) is 20.3 Å². The molecule has 0 aliphatic carbocycles. The minimum Gasteiger partial charge on any atom is -0.462 e. The molecule has 0 unspecified atom stereocenters. The minimum atomic E-state index is -0.492. The van der Waals surface area contributed by atoms with E-state index in [1.54, 1.807) is 55.6 Å². The van der Waals surface area contributed by atoms with E-state index in [2.05, 4.69) is 117 Å². The van der Waals surface area contributed by atoms with Gasteiger partial charge in [0, 0.05) is 28.6 Å². The van der Waals surface area contributed by atoms with E-state index in [-0.39, 0.29) is 24.0 Å². The van der Waals surface area contributed by atoms with E-state index < -0.39 is 11.9 Å². The Hall–Kier alpha value is -5.67. The molecule has 9 heteroatoms. The van der Waals surface area contributed by atoms with Gasteiger partial charge in [0.1, 0.15) is 5.00 Å². The van der Waals surface area contributed by atoms with Crippen molar-refractivity contribution in [3.63, 3.8) is 0 Å². The van der Waals surface area contributed by atoms with Crippen LogP contribution in [0.25, 0.3) is 33.2 Å². The zero-order valence-corrected chi connectivity index (χ0v) is 33.0. The molecule has 6 aromatic rings. The highest BCUT2D eigenvalue weighted by Crippen LogP contribution is 2.43. The van der Waals surface area contributed by atoms with Crippen molar-refractivity contribution < 1.29 is 19.1 Å². The average Bonchev–Trinajstić information content (AvgIpc) is 3.65. The molecule has 0 aliphatic rings. The van der Waals surface area contributed by atoms with Gasteiger partial charge in [0.2, 0.25) is 0 Å². The zero-order chi connectivity index (χ0) is 38.6. The number of nitrogens with zero attached hydrogens (tertiary/aromatic N) is 4. The minimum absolute atomic E-state index is 0.0432. The lowest BCUT2D eigenvalue weighted by molar-refractivity contribution is 0.0516. The second kappa shape index (κ2) is 15.7. The van der Waals surface area contributed by atoms with Gasteiger partial charge < -0.3 is 14.4 Å². The molecular weight excluding hydrogens is 693 g/mol. The van der Waals surface area contributed by atoms with Gasteiger partial charge in [0.05, 0.1) is 47.1 Å². The van der Waals surface area contributed by atoms with Crippen LogP contribution < -0.4 is 4.90 Å². The van der Waals surface area contributed by atoms with E-state index in [0.717, 1.165) is 26.8 Å². The van der Waals surface area contributed by atoms with Crippen molar-refractivity contribution in [2.75, 3.05) is 18.1 Å². The molecule has 0 saturated heterocycles. The summed E-state index contributed by atoms with van der Waals surface area (Å²) in [6.07, 6.45) is 3.27. The van der Waals surface area contributed by atoms with E-state index in [0.29, 0.717) is 33.9 Å². The van der Waals surface area contributed by atoms with E-state index in [1.165, 1.54) is 17.3 Å². The Bertz CT molecular complexity index is 2210. The standard InChI is InChI=1S/C45H46N4O4S/c1-9-52-42(50)30-22-24-47-37(26-30)39-28-31(43(51)53-10-2)27-38(48-39)36-25-29(21-23-46-36)40-19-20-41(54-40)49(34-15-11-32(12-16-34)44(3,4)5)35-17-13-33(14-18-35)45(6,7)8/h11-28H,9-10H2,1-8H3. The lowest BCUT2D eigenvalue weighted by Crippen LogP contribution is -2.13. The van der Waals surface area contributed by atoms with E-state index in [9.17, 15) is 9.59 Å². The van der Waals surface area contributed by atoms with Gasteiger partial charge >= 0.3 is 11.9 Å². The quantitative estimate of drug-likeness (QED) is 0.128. The Kier molecular flexibility index (Phi) is 11.1. The van der Waals surface area contributed by atoms with Gasteiger partial charge in [0.15, 0.2) is 0 Å². The molecule has 276 valence electrons. The monoisotopic (exact) mass is 738 g/mol. The second-order valence-electron chi connectivity index (χ2n) is 15.0. The summed E-state index contributed by atoms with van der Waals surface area (Å²) in [6.45, 7) is 17.3. The number of carbonyl (C=O) groups is 2. The van der Waals surface area contributed by atoms with Gasteiger partial charge in [-0.15, -0.1) is 11.3 Å². The number of aromatic nitrogens is 3. The number of ether oxygens (including phenoxy) is 2. The normalized spacial score (nSPS) is 11.6. The van der Waals surface area contributed by atoms with Crippen LogP contribution in [0, 0.1) is 0 Å². The summed E-state index contributed by atoms with van der Waals surface area (Å²) in [6, 6.07) is 32.3. The van der Waals surface area contributed by atoms with Crippen LogP contribution in [0.15, 0.2) is 109 Å². The second-order valence-corrected chi connectivity index (χ2v) is 16.1. The third-order valence-corrected chi connectivity index (χ3v) is 10.1. The molecular formula is C45H46N4O4S. The van der Waals surface area contributed by atoms with E-state index in [4.69, 9.17) is 14.5 Å². The number of anilines is 3. The van der Waals surface area contributed by atoms with Gasteiger partial charge in [-0.25, -0.2) is 14.6 Å². The van der Waals surface area contributed by atoms with Crippen molar-refractivity contribution in [1.29, 1.82) is 0 Å². The third kappa shape index (κ3) is 8.58. The number of benzene rings is 2. The van der Waals surface area contributed by atoms with Crippen LogP contribution in [-0.4, -0.2) is 40.1 Å². The largest absolute Gasteiger partial charge is 0.462 e. The highest BCUT2D eigenvalue weighted by atomic mass is 32.1. The Morgan fingerprint density at radius 3 is 1.59 bits per heavy atom. The molecule has 4 heterocycles. The van der Waals surface area contributed by atoms with Crippen molar-refractivity contribution in [3.8, 4) is 33.2 Å². The van der Waals surface area contributed by atoms with Crippen LogP contribution >= 0.6 is 11.3 Å². The van der Waals surface area contributed by atoms with Crippen molar-refractivity contribution >= 4 is 39.7 Å². The first-order valence-corrected chi connectivity index (χ1v) is 19.0. The summed E-state index contributed by atoms with van der Waals surface area (Å²) in [5, 5.41) is 1.06. The summed E-state index contributed by atoms with van der Waals surface area (Å²) >= 11 is 1.68. The van der Waals surface area contributed by atoms with Crippen molar-refractivity contribution in [1.82, 2.24) is 15.0 Å². The van der Waals surface area contributed by atoms with Crippen LogP contribution in [0.3, 0.4) is 0 Å². The third-order valence-electron chi connectivity index (χ3n) is 8.97. The highest BCUT2D eigenvalue weighted by Gasteiger charge is 2.21. The molecule has 0 amide bonds. The molecule has 0 radical (unpaired) electrons. The number of pyridine rings is 3. The average molecular weight is 739 g/mol. The van der Waals surface area contributed by atoms with Gasteiger partial charge in [-0.2, -0.15) is 0 Å². The maximum absolute atomic E-state index is 13.0. The molecule has 0 N–H and O–H groups in total. The molecule has 54 heavy (non-hydrogen) atoms. The fourth-order valence-corrected chi connectivity index (χ4v) is 7.03. The summed E-state index contributed by atoms with van der Waals surface area (Å²) < 4.78 is 10.5. The number of hydrogen-bond acceptors (Lipinski definition) is 9. The predicted octanol–water partition coefficient (Wildman–Crippen LogP) is 11.4. The van der Waals surface area contributed by atoms with Crippen LogP contribution in [0.2, 0.25) is 0 Å². The molecule has 0 fully saturated rings. The lowest BCUT2D eigenvalue weighted by Gasteiger charge is -2.26. The topological polar surface area (TPSA) is 94.5 Å². The molecule has 0 saturated carbocycles. The maximum atomic E-state index is 13.0. The predicted molar refractivity (Wildman–Crippen MR) is 218 cm³/mol. The molecule has 2 aromatic carbocycles. The molecule has 0 aliphatic heterocycles. The Balaban J connectivity index is 1.39. The molecule has 0 bridgehead atoms. The first kappa shape index (κ1) is 38.1. The van der Waals surface area contributed by atoms with Crippen LogP contribution in [0.1, 0.15) is 87.2 Å². The summed E-state index contributed by atoms with van der Waals surface area (Å²) in [5.41, 5.74) is 8.23. The summed E-state index contributed by atoms with van der Waals surface area (Å²) in [5.74, 6) is -0.954. The Labute approximate surface area is 321 Å². The van der Waals surface area contributed by atoms with Crippen molar-refractivity contribution in [2.24, 2.45) is 0 Å². The van der Waals surface area contributed by atoms with E-state index in [1.807, 2.05) is 12.1 Å². The van der Waals surface area contributed by atoms with Crippen LogP contribution in [0.5, 0.6) is 0 Å². The SMILES string of the molecule is CCOC(=O)c1ccnc(-c2cc(C(=O)OCC)cc(-c3cc(-c4ccc(N(c5ccc(C(C)(C)C)cc5)c5ccc(C(C)(C)C)cc5)s4)ccn3)n2)c1. The Morgan fingerprint density at radius 1 is 0.593 bits per heavy atom. The number of carbonyl (C=O) groups excluding carboxylic acids is 2. The number of esters is 2. The van der Waals surface area contributed by atoms with Gasteiger partial charge in [-0.1, -0.05) is 65.8 Å². The summed E-state index contributed by atoms with van der Waals surface area (Å²) in [4.78, 5) is 42.9. The van der Waals surface area contributed by atoms with Crippen LogP contribution in [0.4, 0.5) is 16.4 Å². The zero-order valence-electron chi connectivity index (χ0n) is 32.1. The number of hydrogen-bond donors (Lipinski definition) is 0. The maximum Gasteiger partial charge on any atom is 0.338 e. The number of rotatable bonds is 10. The van der Waals surface area contributed by atoms with Gasteiger partial charge in [0.25, 0.3) is 0 Å². The molecule has 6 rings (SSSR count). The molecule has 4 aromatic heterocycles. The first-order chi connectivity index (χ1) is 25.7. The van der Waals surface area contributed by atoms with Crippen molar-refractivity contribution in [3.05, 3.63) is 132 Å². The van der Waals surface area contributed by atoms with Gasteiger partial charge in [-0.05, 0) is 114 Å². The molecule has 0 spiro atoms. The fraction of sp³-hybridized carbons (Fsp3) is 0.267. The molecule has 0 atom stereocenters. The smallest absolute Gasteiger partial charge is 0.338 e.